The van der Waals surface area contributed by atoms with E-state index in [0.717, 1.165) is 5.92 Å². The van der Waals surface area contributed by atoms with Gasteiger partial charge in [-0.05, 0) is 56.8 Å². The minimum absolute atomic E-state index is 1.13. The number of hydrogen-bond acceptors (Lipinski definition) is 0. The Hall–Kier alpha value is 0. The van der Waals surface area contributed by atoms with E-state index in [-0.39, 0.29) is 0 Å². The van der Waals surface area contributed by atoms with E-state index in [1.165, 1.54) is 31.6 Å². The van der Waals surface area contributed by atoms with E-state index in [1.807, 2.05) is 0 Å². The van der Waals surface area contributed by atoms with Gasteiger partial charge in [-0.3, -0.25) is 0 Å². The van der Waals surface area contributed by atoms with Gasteiger partial charge in [0.25, 0.3) is 0 Å². The molecule has 9 heavy (non-hydrogen) atoms. The molecule has 2 aliphatic rings. The molecule has 0 unspecified atom stereocenters. The third-order valence-corrected chi connectivity index (χ3v) is 2.77. The maximum Gasteiger partial charge on any atom is -0.0386 e. The van der Waals surface area contributed by atoms with E-state index < -0.39 is 0 Å². The molecule has 2 fully saturated rings. The smallest absolute Gasteiger partial charge is 0.0386 e. The molecule has 0 amide bonds. The van der Waals surface area contributed by atoms with E-state index in [0.29, 0.717) is 0 Å². The summed E-state index contributed by atoms with van der Waals surface area (Å²) in [6, 6.07) is 0. The molecular formula is C9H15. The van der Waals surface area contributed by atoms with Crippen LogP contribution in [-0.2, 0) is 0 Å². The first kappa shape index (κ1) is 5.76. The van der Waals surface area contributed by atoms with E-state index in [9.17, 15) is 0 Å². The zero-order chi connectivity index (χ0) is 6.10. The summed E-state index contributed by atoms with van der Waals surface area (Å²) in [5.41, 5.74) is 0. The van der Waals surface area contributed by atoms with Crippen molar-refractivity contribution in [2.75, 3.05) is 0 Å². The Balaban J connectivity index is 1.80. The normalized spacial score (nSPS) is 30.7. The van der Waals surface area contributed by atoms with E-state index >= 15 is 0 Å². The van der Waals surface area contributed by atoms with Crippen LogP contribution in [0.15, 0.2) is 0 Å². The second kappa shape index (κ2) is 2.32. The Morgan fingerprint density at radius 2 is 1.33 bits per heavy atom. The van der Waals surface area contributed by atoms with E-state index in [1.54, 1.807) is 12.8 Å². The largest absolute Gasteiger partial charge is 0.0499 e. The SMILES string of the molecule is [CH]1CCC(C2CC2)CC1. The first-order valence-electron chi connectivity index (χ1n) is 4.28. The highest BCUT2D eigenvalue weighted by Gasteiger charge is 2.31. The summed E-state index contributed by atoms with van der Waals surface area (Å²) in [4.78, 5) is 0. The fraction of sp³-hybridized carbons (Fsp3) is 0.889. The third-order valence-electron chi connectivity index (χ3n) is 2.77. The monoisotopic (exact) mass is 123 g/mol. The first-order valence-corrected chi connectivity index (χ1v) is 4.28. The lowest BCUT2D eigenvalue weighted by atomic mass is 9.86. The lowest BCUT2D eigenvalue weighted by Gasteiger charge is -2.20. The zero-order valence-electron chi connectivity index (χ0n) is 5.97. The van der Waals surface area contributed by atoms with Crippen molar-refractivity contribution in [1.82, 2.24) is 0 Å². The Morgan fingerprint density at radius 3 is 1.89 bits per heavy atom. The Morgan fingerprint density at radius 1 is 0.778 bits per heavy atom. The van der Waals surface area contributed by atoms with E-state index in [2.05, 4.69) is 6.42 Å². The summed E-state index contributed by atoms with van der Waals surface area (Å²) in [5, 5.41) is 0. The molecule has 0 atom stereocenters. The lowest BCUT2D eigenvalue weighted by molar-refractivity contribution is 0.361. The van der Waals surface area contributed by atoms with Crippen molar-refractivity contribution >= 4 is 0 Å². The van der Waals surface area contributed by atoms with Crippen LogP contribution < -0.4 is 0 Å². The molecule has 0 heteroatoms. The van der Waals surface area contributed by atoms with Crippen molar-refractivity contribution in [3.8, 4) is 0 Å². The van der Waals surface area contributed by atoms with Gasteiger partial charge in [0.2, 0.25) is 0 Å². The predicted octanol–water partition coefficient (Wildman–Crippen LogP) is 2.79. The van der Waals surface area contributed by atoms with Gasteiger partial charge in [-0.25, -0.2) is 0 Å². The van der Waals surface area contributed by atoms with Gasteiger partial charge in [-0.1, -0.05) is 0 Å². The molecule has 0 aromatic carbocycles. The highest BCUT2D eigenvalue weighted by Crippen LogP contribution is 2.43. The quantitative estimate of drug-likeness (QED) is 0.503. The van der Waals surface area contributed by atoms with Crippen molar-refractivity contribution in [2.45, 2.75) is 38.5 Å². The second-order valence-electron chi connectivity index (χ2n) is 3.54. The van der Waals surface area contributed by atoms with Crippen LogP contribution in [0.2, 0.25) is 0 Å². The summed E-state index contributed by atoms with van der Waals surface area (Å²) in [6.07, 6.45) is 11.4. The van der Waals surface area contributed by atoms with Crippen LogP contribution in [-0.4, -0.2) is 0 Å². The lowest BCUT2D eigenvalue weighted by Crippen LogP contribution is -2.07. The third kappa shape index (κ3) is 1.28. The maximum atomic E-state index is 2.46. The van der Waals surface area contributed by atoms with Crippen molar-refractivity contribution in [1.29, 1.82) is 0 Å². The molecule has 1 radical (unpaired) electrons. The molecule has 51 valence electrons. The summed E-state index contributed by atoms with van der Waals surface area (Å²) in [6.45, 7) is 0. The standard InChI is InChI=1S/C9H15/c1-2-4-8(5-3-1)9-6-7-9/h1,8-9H,2-7H2. The number of hydrogen-bond donors (Lipinski definition) is 0. The topological polar surface area (TPSA) is 0 Å². The molecular weight excluding hydrogens is 108 g/mol. The molecule has 0 aromatic heterocycles. The summed E-state index contributed by atoms with van der Waals surface area (Å²) >= 11 is 0. The van der Waals surface area contributed by atoms with Gasteiger partial charge in [0.1, 0.15) is 0 Å². The van der Waals surface area contributed by atoms with Gasteiger partial charge in [0, 0.05) is 0 Å². The minimum Gasteiger partial charge on any atom is -0.0499 e. The molecule has 2 rings (SSSR count). The van der Waals surface area contributed by atoms with Crippen LogP contribution in [0.1, 0.15) is 38.5 Å². The van der Waals surface area contributed by atoms with Crippen molar-refractivity contribution in [3.63, 3.8) is 0 Å². The molecule has 0 nitrogen and oxygen atoms in total. The van der Waals surface area contributed by atoms with Gasteiger partial charge in [-0.15, -0.1) is 0 Å². The van der Waals surface area contributed by atoms with Crippen LogP contribution in [0.5, 0.6) is 0 Å². The molecule has 0 N–H and O–H groups in total. The van der Waals surface area contributed by atoms with Crippen molar-refractivity contribution in [2.24, 2.45) is 11.8 Å². The second-order valence-corrected chi connectivity index (χ2v) is 3.54. The first-order chi connectivity index (χ1) is 4.47. The average Bonchev–Trinajstić information content (AvgIpc) is 2.71. The summed E-state index contributed by atoms with van der Waals surface area (Å²) in [5.74, 6) is 2.30. The maximum absolute atomic E-state index is 2.46. The van der Waals surface area contributed by atoms with E-state index in [4.69, 9.17) is 0 Å². The predicted molar refractivity (Wildman–Crippen MR) is 39.0 cm³/mol. The van der Waals surface area contributed by atoms with Crippen molar-refractivity contribution in [3.05, 3.63) is 6.42 Å². The minimum atomic E-state index is 1.13. The highest BCUT2D eigenvalue weighted by molar-refractivity contribution is 4.86. The van der Waals surface area contributed by atoms with Crippen LogP contribution in [0.4, 0.5) is 0 Å². The molecule has 0 saturated heterocycles. The highest BCUT2D eigenvalue weighted by atomic mass is 14.4. The Labute approximate surface area is 57.6 Å². The molecule has 2 aliphatic carbocycles. The molecule has 0 aromatic rings. The zero-order valence-corrected chi connectivity index (χ0v) is 5.97. The molecule has 0 bridgehead atoms. The molecule has 0 aliphatic heterocycles. The van der Waals surface area contributed by atoms with Gasteiger partial charge in [0.05, 0.1) is 0 Å². The van der Waals surface area contributed by atoms with Gasteiger partial charge >= 0.3 is 0 Å². The van der Waals surface area contributed by atoms with Gasteiger partial charge in [-0.2, -0.15) is 0 Å². The van der Waals surface area contributed by atoms with Gasteiger partial charge < -0.3 is 0 Å². The van der Waals surface area contributed by atoms with Crippen LogP contribution in [0.25, 0.3) is 0 Å². The molecule has 0 spiro atoms. The average molecular weight is 123 g/mol. The van der Waals surface area contributed by atoms with Gasteiger partial charge in [0.15, 0.2) is 0 Å². The van der Waals surface area contributed by atoms with Crippen LogP contribution in [0.3, 0.4) is 0 Å². The molecule has 2 saturated carbocycles. The van der Waals surface area contributed by atoms with Crippen molar-refractivity contribution < 1.29 is 0 Å². The number of rotatable bonds is 1. The Kier molecular flexibility index (Phi) is 1.48. The fourth-order valence-corrected chi connectivity index (χ4v) is 1.99. The Bertz CT molecular complexity index is 86.2. The summed E-state index contributed by atoms with van der Waals surface area (Å²) in [7, 11) is 0. The van der Waals surface area contributed by atoms with Crippen LogP contribution in [0, 0.1) is 18.3 Å². The molecule has 0 heterocycles. The van der Waals surface area contributed by atoms with Crippen LogP contribution >= 0.6 is 0 Å². The fourth-order valence-electron chi connectivity index (χ4n) is 1.99. The summed E-state index contributed by atoms with van der Waals surface area (Å²) < 4.78 is 0.